The van der Waals surface area contributed by atoms with E-state index in [1.807, 2.05) is 30.6 Å². The molecule has 0 amide bonds. The summed E-state index contributed by atoms with van der Waals surface area (Å²) in [5.41, 5.74) is 4.03. The smallest absolute Gasteiger partial charge is 0.147 e. The van der Waals surface area contributed by atoms with Gasteiger partial charge in [-0.25, -0.2) is 15.0 Å². The van der Waals surface area contributed by atoms with Gasteiger partial charge in [-0.2, -0.15) is 0 Å². The van der Waals surface area contributed by atoms with Gasteiger partial charge in [0, 0.05) is 24.5 Å². The fourth-order valence-corrected chi connectivity index (χ4v) is 3.92. The third kappa shape index (κ3) is 2.51. The molecule has 5 nitrogen and oxygen atoms in total. The molecular weight excluding hydrogens is 310 g/mol. The zero-order valence-electron chi connectivity index (χ0n) is 14.6. The maximum absolute atomic E-state index is 4.80. The Labute approximate surface area is 147 Å². The molecular formula is C20H21N5. The van der Waals surface area contributed by atoms with Crippen molar-refractivity contribution in [1.82, 2.24) is 19.5 Å². The highest BCUT2D eigenvalue weighted by Crippen LogP contribution is 2.45. The van der Waals surface area contributed by atoms with Crippen molar-refractivity contribution < 1.29 is 0 Å². The Balaban J connectivity index is 1.44. The number of pyridine rings is 1. The van der Waals surface area contributed by atoms with Crippen LogP contribution in [-0.2, 0) is 0 Å². The predicted octanol–water partition coefficient (Wildman–Crippen LogP) is 3.40. The predicted molar refractivity (Wildman–Crippen MR) is 97.9 cm³/mol. The fourth-order valence-electron chi connectivity index (χ4n) is 3.92. The van der Waals surface area contributed by atoms with Crippen molar-refractivity contribution in [2.24, 2.45) is 11.8 Å². The summed E-state index contributed by atoms with van der Waals surface area (Å²) in [7, 11) is 0. The lowest BCUT2D eigenvalue weighted by atomic mass is 10.2. The van der Waals surface area contributed by atoms with E-state index >= 15 is 0 Å². The molecule has 1 aliphatic heterocycles. The summed E-state index contributed by atoms with van der Waals surface area (Å²) in [5, 5.41) is 0. The molecule has 5 heteroatoms. The average Bonchev–Trinajstić information content (AvgIpc) is 3.10. The number of hydrogen-bond acceptors (Lipinski definition) is 4. The van der Waals surface area contributed by atoms with Crippen LogP contribution >= 0.6 is 0 Å². The minimum atomic E-state index is 0.817. The first-order chi connectivity index (χ1) is 12.2. The number of piperidine rings is 1. The topological polar surface area (TPSA) is 46.8 Å². The van der Waals surface area contributed by atoms with Gasteiger partial charge in [0.2, 0.25) is 0 Å². The van der Waals surface area contributed by atoms with Crippen molar-refractivity contribution in [3.05, 3.63) is 54.1 Å². The van der Waals surface area contributed by atoms with Crippen LogP contribution < -0.4 is 4.90 Å². The summed E-state index contributed by atoms with van der Waals surface area (Å²) >= 11 is 0. The molecule has 25 heavy (non-hydrogen) atoms. The average molecular weight is 331 g/mol. The van der Waals surface area contributed by atoms with Crippen LogP contribution in [0.25, 0.3) is 17.2 Å². The van der Waals surface area contributed by atoms with E-state index in [1.54, 1.807) is 0 Å². The van der Waals surface area contributed by atoms with E-state index in [-0.39, 0.29) is 0 Å². The van der Waals surface area contributed by atoms with Gasteiger partial charge in [0.05, 0.1) is 18.1 Å². The second kappa shape index (κ2) is 5.41. The number of rotatable bonds is 3. The SMILES string of the molecule is Cc1ccc(C)n1-c1cccc(-c2cnc(N3CC4CC4C3)cn2)n1. The first kappa shape index (κ1) is 14.6. The van der Waals surface area contributed by atoms with Gasteiger partial charge in [-0.05, 0) is 56.4 Å². The maximum atomic E-state index is 4.80. The molecule has 2 unspecified atom stereocenters. The van der Waals surface area contributed by atoms with Crippen LogP contribution in [0.5, 0.6) is 0 Å². The highest BCUT2D eigenvalue weighted by Gasteiger charge is 2.45. The van der Waals surface area contributed by atoms with E-state index in [4.69, 9.17) is 4.98 Å². The van der Waals surface area contributed by atoms with Gasteiger partial charge in [0.15, 0.2) is 0 Å². The molecule has 0 bridgehead atoms. The summed E-state index contributed by atoms with van der Waals surface area (Å²) < 4.78 is 2.15. The zero-order valence-corrected chi connectivity index (χ0v) is 14.6. The van der Waals surface area contributed by atoms with Crippen molar-refractivity contribution in [2.45, 2.75) is 20.3 Å². The van der Waals surface area contributed by atoms with Gasteiger partial charge in [-0.3, -0.25) is 0 Å². The van der Waals surface area contributed by atoms with Crippen molar-refractivity contribution in [3.8, 4) is 17.2 Å². The molecule has 0 aromatic carbocycles. The molecule has 2 aliphatic rings. The minimum absolute atomic E-state index is 0.817. The van der Waals surface area contributed by atoms with Gasteiger partial charge < -0.3 is 9.47 Å². The molecule has 0 radical (unpaired) electrons. The third-order valence-electron chi connectivity index (χ3n) is 5.44. The van der Waals surface area contributed by atoms with Crippen LogP contribution in [0, 0.1) is 25.7 Å². The van der Waals surface area contributed by atoms with E-state index in [9.17, 15) is 0 Å². The van der Waals surface area contributed by atoms with Gasteiger partial charge in [0.25, 0.3) is 0 Å². The van der Waals surface area contributed by atoms with Crippen LogP contribution in [0.2, 0.25) is 0 Å². The molecule has 2 fully saturated rings. The lowest BCUT2D eigenvalue weighted by Gasteiger charge is -2.18. The Bertz CT molecular complexity index is 898. The molecule has 126 valence electrons. The van der Waals surface area contributed by atoms with Crippen LogP contribution in [0.4, 0.5) is 5.82 Å². The second-order valence-corrected chi connectivity index (χ2v) is 7.25. The molecule has 1 saturated carbocycles. The molecule has 0 N–H and O–H groups in total. The Kier molecular flexibility index (Phi) is 3.17. The summed E-state index contributed by atoms with van der Waals surface area (Å²) in [4.78, 5) is 16.4. The van der Waals surface area contributed by atoms with Gasteiger partial charge >= 0.3 is 0 Å². The Morgan fingerprint density at radius 1 is 0.840 bits per heavy atom. The normalized spacial score (nSPS) is 21.4. The summed E-state index contributed by atoms with van der Waals surface area (Å²) in [6.07, 6.45) is 5.14. The Morgan fingerprint density at radius 2 is 1.60 bits per heavy atom. The van der Waals surface area contributed by atoms with E-state index in [2.05, 4.69) is 45.4 Å². The molecule has 5 rings (SSSR count). The highest BCUT2D eigenvalue weighted by molar-refractivity contribution is 5.56. The summed E-state index contributed by atoms with van der Waals surface area (Å²) in [6, 6.07) is 10.3. The number of anilines is 1. The number of fused-ring (bicyclic) bond motifs is 1. The number of aryl methyl sites for hydroxylation is 2. The number of nitrogens with zero attached hydrogens (tertiary/aromatic N) is 5. The fraction of sp³-hybridized carbons (Fsp3) is 0.350. The second-order valence-electron chi connectivity index (χ2n) is 7.25. The van der Waals surface area contributed by atoms with Gasteiger partial charge in [-0.1, -0.05) is 6.07 Å². The molecule has 3 aromatic heterocycles. The van der Waals surface area contributed by atoms with Crippen LogP contribution in [0.15, 0.2) is 42.7 Å². The first-order valence-corrected chi connectivity index (χ1v) is 8.89. The van der Waals surface area contributed by atoms with Crippen molar-refractivity contribution in [3.63, 3.8) is 0 Å². The lowest BCUT2D eigenvalue weighted by Crippen LogP contribution is -2.22. The van der Waals surface area contributed by atoms with E-state index in [1.165, 1.54) is 17.8 Å². The van der Waals surface area contributed by atoms with E-state index in [0.717, 1.165) is 47.9 Å². The largest absolute Gasteiger partial charge is 0.355 e. The van der Waals surface area contributed by atoms with E-state index in [0.29, 0.717) is 0 Å². The standard InChI is InChI=1S/C20H21N5/c1-13-6-7-14(2)25(13)19-5-3-4-17(23-19)18-9-22-20(10-21-18)24-11-15-8-16(15)12-24/h3-7,9-10,15-16H,8,11-12H2,1-2H3. The molecule has 1 aliphatic carbocycles. The number of hydrogen-bond donors (Lipinski definition) is 0. The van der Waals surface area contributed by atoms with Crippen LogP contribution in [-0.4, -0.2) is 32.6 Å². The highest BCUT2D eigenvalue weighted by atomic mass is 15.2. The van der Waals surface area contributed by atoms with E-state index < -0.39 is 0 Å². The number of aromatic nitrogens is 4. The van der Waals surface area contributed by atoms with Crippen LogP contribution in [0.1, 0.15) is 17.8 Å². The Hall–Kier alpha value is -2.69. The van der Waals surface area contributed by atoms with Gasteiger partial charge in [-0.15, -0.1) is 0 Å². The van der Waals surface area contributed by atoms with Gasteiger partial charge in [0.1, 0.15) is 17.3 Å². The molecule has 4 heterocycles. The zero-order chi connectivity index (χ0) is 17.0. The molecule has 0 spiro atoms. The quantitative estimate of drug-likeness (QED) is 0.738. The summed E-state index contributed by atoms with van der Waals surface area (Å²) in [5.74, 6) is 3.70. The minimum Gasteiger partial charge on any atom is -0.355 e. The van der Waals surface area contributed by atoms with Crippen molar-refractivity contribution in [2.75, 3.05) is 18.0 Å². The maximum Gasteiger partial charge on any atom is 0.147 e. The lowest BCUT2D eigenvalue weighted by molar-refractivity contribution is 0.802. The molecule has 1 saturated heterocycles. The molecule has 2 atom stereocenters. The third-order valence-corrected chi connectivity index (χ3v) is 5.44. The van der Waals surface area contributed by atoms with Crippen LogP contribution in [0.3, 0.4) is 0 Å². The van der Waals surface area contributed by atoms with Crippen molar-refractivity contribution >= 4 is 5.82 Å². The molecule has 3 aromatic rings. The monoisotopic (exact) mass is 331 g/mol. The van der Waals surface area contributed by atoms with Crippen molar-refractivity contribution in [1.29, 1.82) is 0 Å². The first-order valence-electron chi connectivity index (χ1n) is 8.89. The summed E-state index contributed by atoms with van der Waals surface area (Å²) in [6.45, 7) is 6.46. The Morgan fingerprint density at radius 3 is 2.28 bits per heavy atom.